The van der Waals surface area contributed by atoms with Crippen molar-refractivity contribution >= 4 is 72.6 Å². The quantitative estimate of drug-likeness (QED) is 0.0819. The number of carbonyl (C=O) groups is 1. The third-order valence-corrected chi connectivity index (χ3v) is 15.3. The number of amides is 1. The highest BCUT2D eigenvalue weighted by molar-refractivity contribution is 7.90. The number of aromatic amines is 1. The van der Waals surface area contributed by atoms with Crippen molar-refractivity contribution in [2.24, 2.45) is 5.41 Å². The van der Waals surface area contributed by atoms with E-state index in [-0.39, 0.29) is 54.3 Å². The molecule has 1 amide bonds. The lowest BCUT2D eigenvalue weighted by molar-refractivity contribution is -0.384. The van der Waals surface area contributed by atoms with E-state index in [1.54, 1.807) is 17.2 Å². The Labute approximate surface area is 386 Å². The molecule has 10 rings (SSSR count). The second-order valence-corrected chi connectivity index (χ2v) is 19.9. The maximum atomic E-state index is 16.6. The van der Waals surface area contributed by atoms with Crippen molar-refractivity contribution < 1.29 is 36.7 Å². The first-order valence-electron chi connectivity index (χ1n) is 22.4. The Morgan fingerprint density at radius 1 is 0.970 bits per heavy atom. The zero-order valence-corrected chi connectivity index (χ0v) is 37.8. The first-order chi connectivity index (χ1) is 31.9. The van der Waals surface area contributed by atoms with E-state index in [2.05, 4.69) is 37.0 Å². The molecule has 0 bridgehead atoms. The average molecular weight is 941 g/mol. The molecule has 1 saturated carbocycles. The highest BCUT2D eigenvalue weighted by Crippen LogP contribution is 2.55. The summed E-state index contributed by atoms with van der Waals surface area (Å²) in [7, 11) is -4.72. The van der Waals surface area contributed by atoms with Gasteiger partial charge in [-0.15, -0.1) is 0 Å². The van der Waals surface area contributed by atoms with E-state index in [1.165, 1.54) is 48.5 Å². The molecule has 0 unspecified atom stereocenters. The zero-order valence-electron chi connectivity index (χ0n) is 36.2. The van der Waals surface area contributed by atoms with Crippen molar-refractivity contribution in [1.29, 1.82) is 0 Å². The smallest absolute Gasteiger partial charge is 0.293 e. The van der Waals surface area contributed by atoms with Gasteiger partial charge in [0, 0.05) is 61.9 Å². The normalized spacial score (nSPS) is 19.9. The van der Waals surface area contributed by atoms with Crippen LogP contribution in [0.2, 0.25) is 5.02 Å². The largest absolute Gasteiger partial charge is 0.474 e. The van der Waals surface area contributed by atoms with Crippen LogP contribution < -0.4 is 24.6 Å². The second-order valence-electron chi connectivity index (χ2n) is 17.8. The lowest BCUT2D eigenvalue weighted by Crippen LogP contribution is -2.47. The van der Waals surface area contributed by atoms with Gasteiger partial charge in [-0.3, -0.25) is 19.8 Å². The maximum Gasteiger partial charge on any atom is 0.293 e. The van der Waals surface area contributed by atoms with Crippen LogP contribution in [0.5, 0.6) is 5.88 Å². The number of piperazine rings is 1. The van der Waals surface area contributed by atoms with Gasteiger partial charge >= 0.3 is 0 Å². The number of rotatable bonds is 12. The highest BCUT2D eigenvalue weighted by atomic mass is 35.5. The molecule has 3 aromatic carbocycles. The van der Waals surface area contributed by atoms with E-state index in [0.717, 1.165) is 43.0 Å². The number of halogens is 2. The number of nitro benzene ring substituents is 1. The molecule has 3 aliphatic heterocycles. The van der Waals surface area contributed by atoms with Gasteiger partial charge in [0.15, 0.2) is 0 Å². The number of nitro groups is 1. The summed E-state index contributed by atoms with van der Waals surface area (Å²) >= 11 is 6.28. The van der Waals surface area contributed by atoms with Gasteiger partial charge in [0.05, 0.1) is 59.2 Å². The number of anilines is 4. The van der Waals surface area contributed by atoms with Crippen molar-refractivity contribution in [1.82, 2.24) is 19.6 Å². The predicted molar refractivity (Wildman–Crippen MR) is 249 cm³/mol. The summed E-state index contributed by atoms with van der Waals surface area (Å²) in [5.74, 6) is -1.53. The van der Waals surface area contributed by atoms with Gasteiger partial charge in [-0.2, -0.15) is 4.98 Å². The van der Waals surface area contributed by atoms with E-state index in [0.29, 0.717) is 67.8 Å². The number of nitrogens with one attached hydrogen (secondary N) is 3. The van der Waals surface area contributed by atoms with Gasteiger partial charge in [0.25, 0.3) is 21.6 Å². The van der Waals surface area contributed by atoms with Gasteiger partial charge in [-0.25, -0.2) is 17.5 Å². The number of nitrogens with zero attached hydrogens (tertiary/aromatic N) is 5. The number of pyridine rings is 1. The minimum absolute atomic E-state index is 0.0620. The van der Waals surface area contributed by atoms with Crippen LogP contribution >= 0.6 is 11.6 Å². The fraction of sp³-hybridized carbons (Fsp3) is 0.404. The molecule has 346 valence electrons. The van der Waals surface area contributed by atoms with Gasteiger partial charge in [-0.05, 0) is 97.2 Å². The topological polar surface area (TPSA) is 185 Å². The summed E-state index contributed by atoms with van der Waals surface area (Å²) in [4.78, 5) is 39.1. The van der Waals surface area contributed by atoms with Crippen molar-refractivity contribution in [3.05, 3.63) is 111 Å². The van der Waals surface area contributed by atoms with Crippen LogP contribution in [-0.4, -0.2) is 112 Å². The Kier molecular flexibility index (Phi) is 12.1. The van der Waals surface area contributed by atoms with E-state index in [4.69, 9.17) is 25.8 Å². The number of hydrogen-bond acceptors (Lipinski definition) is 13. The zero-order chi connectivity index (χ0) is 45.6. The molecule has 3 N–H and O–H groups in total. The molecule has 66 heavy (non-hydrogen) atoms. The fourth-order valence-corrected chi connectivity index (χ4v) is 11.1. The molecule has 5 heterocycles. The molecule has 3 fully saturated rings. The van der Waals surface area contributed by atoms with E-state index >= 15 is 4.39 Å². The Hall–Kier alpha value is -5.79. The predicted octanol–water partition coefficient (Wildman–Crippen LogP) is 7.67. The van der Waals surface area contributed by atoms with Crippen molar-refractivity contribution in [3.63, 3.8) is 0 Å². The van der Waals surface area contributed by atoms with E-state index in [9.17, 15) is 23.3 Å². The number of H-pyrrole nitrogens is 1. The standard InChI is InChI=1S/C47H50ClFN8O8S/c48-33-4-2-30(3-5-33)37-26-47(10-1-11-47)12-8-32(37)28-54-14-16-55(17-15-54)41-25-40(56-18-19-65-46-43(56)22-31-9-13-50-44(31)52-46)36(24-38(41)49)45(58)53-66(61,62)35-6-7-39(42(23-35)57(59)60)51-27-34-29-63-20-21-64-34/h2-7,9,13,22-25,34,51H,1,8,10-12,14-21,26-29H2,(H,50,52)(H,53,58)/t34-/m0/s1. The molecule has 5 aliphatic rings. The van der Waals surface area contributed by atoms with Crippen LogP contribution in [0.3, 0.4) is 0 Å². The Bertz CT molecular complexity index is 2820. The van der Waals surface area contributed by atoms with Gasteiger partial charge < -0.3 is 34.3 Å². The summed E-state index contributed by atoms with van der Waals surface area (Å²) in [6, 6.07) is 17.8. The Balaban J connectivity index is 0.923. The Morgan fingerprint density at radius 2 is 1.79 bits per heavy atom. The van der Waals surface area contributed by atoms with Crippen molar-refractivity contribution in [3.8, 4) is 5.88 Å². The minimum atomic E-state index is -4.72. The lowest BCUT2D eigenvalue weighted by Gasteiger charge is -2.47. The molecule has 0 radical (unpaired) electrons. The fourth-order valence-electron chi connectivity index (χ4n) is 9.96. The number of sulfonamides is 1. The minimum Gasteiger partial charge on any atom is -0.474 e. The SMILES string of the molecule is O=C(NS(=O)(=O)c1ccc(NC[C@H]2COCCO2)c([N+](=O)[O-])c1)c1cc(F)c(N2CCN(CC3=C(c4ccc(Cl)cc4)CC4(CCC4)CC3)CC2)cc1N1CCOc2nc3[nH]ccc3cc21. The van der Waals surface area contributed by atoms with Crippen LogP contribution in [0.1, 0.15) is 54.4 Å². The lowest BCUT2D eigenvalue weighted by atomic mass is 9.59. The average Bonchev–Trinajstić information content (AvgIpc) is 3.78. The van der Waals surface area contributed by atoms with Crippen molar-refractivity contribution in [2.45, 2.75) is 49.5 Å². The van der Waals surface area contributed by atoms with Gasteiger partial charge in [0.1, 0.15) is 29.4 Å². The molecule has 1 atom stereocenters. The van der Waals surface area contributed by atoms with Crippen LogP contribution in [0.25, 0.3) is 16.6 Å². The molecular weight excluding hydrogens is 891 g/mol. The number of fused-ring (bicyclic) bond motifs is 2. The van der Waals surface area contributed by atoms with Crippen LogP contribution in [0, 0.1) is 21.3 Å². The number of hydrogen-bond donors (Lipinski definition) is 3. The molecule has 2 aliphatic carbocycles. The molecular formula is C47H50ClFN8O8S. The summed E-state index contributed by atoms with van der Waals surface area (Å²) in [6.07, 6.45) is 8.54. The molecule has 2 aromatic heterocycles. The third kappa shape index (κ3) is 8.91. The first kappa shape index (κ1) is 44.1. The molecule has 16 nitrogen and oxygen atoms in total. The second kappa shape index (κ2) is 18.1. The maximum absolute atomic E-state index is 16.6. The summed E-state index contributed by atoms with van der Waals surface area (Å²) in [5.41, 5.74) is 5.39. The summed E-state index contributed by atoms with van der Waals surface area (Å²) in [5, 5.41) is 16.6. The summed E-state index contributed by atoms with van der Waals surface area (Å²) in [6.45, 7) is 4.94. The van der Waals surface area contributed by atoms with Crippen LogP contribution in [0.15, 0.2) is 83.4 Å². The first-order valence-corrected chi connectivity index (χ1v) is 24.2. The molecule has 5 aromatic rings. The molecule has 19 heteroatoms. The number of allylic oxidation sites excluding steroid dienone is 1. The van der Waals surface area contributed by atoms with Gasteiger partial charge in [0.2, 0.25) is 5.88 Å². The third-order valence-electron chi connectivity index (χ3n) is 13.7. The van der Waals surface area contributed by atoms with E-state index < -0.39 is 37.3 Å². The van der Waals surface area contributed by atoms with Crippen LogP contribution in [-0.2, 0) is 19.5 Å². The molecule has 1 spiro atoms. The summed E-state index contributed by atoms with van der Waals surface area (Å²) < 4.78 is 63.4. The van der Waals surface area contributed by atoms with Crippen LogP contribution in [0.4, 0.5) is 32.8 Å². The van der Waals surface area contributed by atoms with E-state index in [1.807, 2.05) is 29.2 Å². The monoisotopic (exact) mass is 940 g/mol. The number of carbonyl (C=O) groups excluding carboxylic acids is 1. The molecule has 2 saturated heterocycles. The van der Waals surface area contributed by atoms with Gasteiger partial charge in [-0.1, -0.05) is 35.7 Å². The van der Waals surface area contributed by atoms with Crippen molar-refractivity contribution in [2.75, 3.05) is 87.4 Å². The number of benzene rings is 3. The Morgan fingerprint density at radius 3 is 2.53 bits per heavy atom. The number of aromatic nitrogens is 2. The number of ether oxygens (including phenoxy) is 3. The highest BCUT2D eigenvalue weighted by Gasteiger charge is 2.41.